The smallest absolute Gasteiger partial charge is 0.316 e. The van der Waals surface area contributed by atoms with Crippen molar-refractivity contribution in [2.45, 2.75) is 32.1 Å². The lowest BCUT2D eigenvalue weighted by Gasteiger charge is -2.10. The van der Waals surface area contributed by atoms with E-state index < -0.39 is 5.82 Å². The van der Waals surface area contributed by atoms with E-state index in [1.165, 1.54) is 5.57 Å². The highest BCUT2D eigenvalue weighted by molar-refractivity contribution is 5.90. The fourth-order valence-corrected chi connectivity index (χ4v) is 2.38. The molecule has 1 aromatic rings. The largest absolute Gasteiger partial charge is 0.463 e. The van der Waals surface area contributed by atoms with Crippen LogP contribution >= 0.6 is 0 Å². The lowest BCUT2D eigenvalue weighted by atomic mass is 9.98. The number of carbonyl (C=O) groups is 1. The monoisotopic (exact) mass is 340 g/mol. The predicted molar refractivity (Wildman–Crippen MR) is 94.7 cm³/mol. The first-order chi connectivity index (χ1) is 12.1. The normalized spacial score (nSPS) is 12.9. The van der Waals surface area contributed by atoms with Crippen molar-refractivity contribution in [1.82, 2.24) is 9.97 Å². The molecule has 0 unspecified atom stereocenters. The van der Waals surface area contributed by atoms with Gasteiger partial charge in [-0.3, -0.25) is 4.79 Å². The Labute approximate surface area is 147 Å². The minimum absolute atomic E-state index is 0.00316. The molecule has 4 nitrogen and oxygen atoms in total. The van der Waals surface area contributed by atoms with Gasteiger partial charge in [0.25, 0.3) is 0 Å². The van der Waals surface area contributed by atoms with Gasteiger partial charge in [-0.05, 0) is 36.8 Å². The summed E-state index contributed by atoms with van der Waals surface area (Å²) in [6, 6.07) is 0.0640. The molecule has 0 amide bonds. The van der Waals surface area contributed by atoms with E-state index in [2.05, 4.69) is 47.1 Å². The van der Waals surface area contributed by atoms with Crippen molar-refractivity contribution in [3.8, 4) is 6.01 Å². The van der Waals surface area contributed by atoms with Crippen molar-refractivity contribution in [2.75, 3.05) is 6.61 Å². The summed E-state index contributed by atoms with van der Waals surface area (Å²) in [6.07, 6.45) is 12.1. The van der Waals surface area contributed by atoms with Gasteiger partial charge in [0.15, 0.2) is 11.6 Å². The van der Waals surface area contributed by atoms with Crippen molar-refractivity contribution in [2.24, 2.45) is 0 Å². The van der Waals surface area contributed by atoms with Crippen LogP contribution in [-0.2, 0) is 11.2 Å². The third kappa shape index (κ3) is 5.98. The molecule has 0 aliphatic heterocycles. The average molecular weight is 340 g/mol. The van der Waals surface area contributed by atoms with E-state index in [-0.39, 0.29) is 23.9 Å². The van der Waals surface area contributed by atoms with Crippen LogP contribution in [0.1, 0.15) is 31.4 Å². The first-order valence-corrected chi connectivity index (χ1v) is 8.18. The van der Waals surface area contributed by atoms with Crippen LogP contribution in [0.5, 0.6) is 6.01 Å². The molecule has 0 aromatic carbocycles. The number of rotatable bonds is 9. The molecule has 5 heteroatoms. The first kappa shape index (κ1) is 18.6. The standard InChI is InChI=1S/C20H21FN2O2/c1-3-8-17(24)13-19-18(21)14-22-20(23-19)25-12-7-9-15(2)16-10-5-4-6-11-16/h5,8,10-11,14H,1-2,4,6-7,9,12-13H2. The number of carbonyl (C=O) groups excluding carboxylic acids is 1. The molecule has 0 spiro atoms. The molecule has 0 N–H and O–H groups in total. The van der Waals surface area contributed by atoms with Crippen LogP contribution in [0, 0.1) is 5.82 Å². The van der Waals surface area contributed by atoms with Crippen LogP contribution in [0.2, 0.25) is 0 Å². The summed E-state index contributed by atoms with van der Waals surface area (Å²) >= 11 is 0. The highest BCUT2D eigenvalue weighted by Gasteiger charge is 2.11. The zero-order chi connectivity index (χ0) is 18.1. The fourth-order valence-electron chi connectivity index (χ4n) is 2.38. The van der Waals surface area contributed by atoms with Crippen LogP contribution in [0.4, 0.5) is 4.39 Å². The second-order valence-electron chi connectivity index (χ2n) is 5.63. The van der Waals surface area contributed by atoms with Gasteiger partial charge in [0, 0.05) is 6.08 Å². The molecule has 1 heterocycles. The maximum absolute atomic E-state index is 13.7. The number of hydrogen-bond acceptors (Lipinski definition) is 4. The second kappa shape index (κ2) is 9.50. The van der Waals surface area contributed by atoms with Gasteiger partial charge < -0.3 is 4.74 Å². The minimum atomic E-state index is -0.637. The van der Waals surface area contributed by atoms with E-state index in [4.69, 9.17) is 4.74 Å². The molecular weight excluding hydrogens is 319 g/mol. The van der Waals surface area contributed by atoms with Crippen LogP contribution in [0.3, 0.4) is 0 Å². The molecule has 0 fully saturated rings. The van der Waals surface area contributed by atoms with Gasteiger partial charge in [0.2, 0.25) is 0 Å². The molecular formula is C20H21FN2O2. The molecule has 1 aliphatic rings. The van der Waals surface area contributed by atoms with Crippen LogP contribution in [0.25, 0.3) is 0 Å². The van der Waals surface area contributed by atoms with E-state index in [0.717, 1.165) is 43.5 Å². The number of aromatic nitrogens is 2. The Hall–Kier alpha value is -2.78. The summed E-state index contributed by atoms with van der Waals surface area (Å²) in [5.41, 5.74) is 4.62. The predicted octanol–water partition coefficient (Wildman–Crippen LogP) is 4.06. The third-order valence-corrected chi connectivity index (χ3v) is 3.66. The zero-order valence-corrected chi connectivity index (χ0v) is 14.1. The molecule has 1 aliphatic carbocycles. The SMILES string of the molecule is C=C=CC(=O)Cc1nc(OCCCC(=C)C2=CCCC=C2)ncc1F. The second-order valence-corrected chi connectivity index (χ2v) is 5.63. The van der Waals surface area contributed by atoms with Gasteiger partial charge in [-0.1, -0.05) is 31.4 Å². The maximum atomic E-state index is 13.7. The lowest BCUT2D eigenvalue weighted by Crippen LogP contribution is -2.08. The van der Waals surface area contributed by atoms with Crippen molar-refractivity contribution in [3.05, 3.63) is 72.0 Å². The molecule has 0 saturated carbocycles. The molecule has 0 saturated heterocycles. The van der Waals surface area contributed by atoms with Gasteiger partial charge in [-0.2, -0.15) is 4.98 Å². The molecule has 130 valence electrons. The quantitative estimate of drug-likeness (QED) is 0.386. The summed E-state index contributed by atoms with van der Waals surface area (Å²) in [4.78, 5) is 19.3. The summed E-state index contributed by atoms with van der Waals surface area (Å²) in [6.45, 7) is 7.79. The Morgan fingerprint density at radius 3 is 3.00 bits per heavy atom. The van der Waals surface area contributed by atoms with E-state index in [1.54, 1.807) is 0 Å². The van der Waals surface area contributed by atoms with Crippen molar-refractivity contribution >= 4 is 5.78 Å². The van der Waals surface area contributed by atoms with E-state index in [1.807, 2.05) is 0 Å². The van der Waals surface area contributed by atoms with Crippen molar-refractivity contribution in [1.29, 1.82) is 0 Å². The van der Waals surface area contributed by atoms with E-state index in [9.17, 15) is 9.18 Å². The minimum Gasteiger partial charge on any atom is -0.463 e. The fraction of sp³-hybridized carbons (Fsp3) is 0.300. The molecule has 0 bridgehead atoms. The zero-order valence-electron chi connectivity index (χ0n) is 14.1. The first-order valence-electron chi connectivity index (χ1n) is 8.18. The molecule has 2 rings (SSSR count). The number of ketones is 1. The van der Waals surface area contributed by atoms with E-state index >= 15 is 0 Å². The van der Waals surface area contributed by atoms with Gasteiger partial charge in [-0.15, -0.1) is 5.73 Å². The Morgan fingerprint density at radius 1 is 1.44 bits per heavy atom. The number of ether oxygens (including phenoxy) is 1. The number of hydrogen-bond donors (Lipinski definition) is 0. The Morgan fingerprint density at radius 2 is 2.28 bits per heavy atom. The van der Waals surface area contributed by atoms with Crippen LogP contribution in [-0.4, -0.2) is 22.4 Å². The topological polar surface area (TPSA) is 52.1 Å². The Bertz CT molecular complexity index is 759. The van der Waals surface area contributed by atoms with Crippen molar-refractivity contribution < 1.29 is 13.9 Å². The molecule has 0 atom stereocenters. The van der Waals surface area contributed by atoms with Gasteiger partial charge in [0.05, 0.1) is 24.9 Å². The van der Waals surface area contributed by atoms with Gasteiger partial charge >= 0.3 is 6.01 Å². The van der Waals surface area contributed by atoms with Gasteiger partial charge in [0.1, 0.15) is 0 Å². The number of allylic oxidation sites excluding steroid dienone is 6. The van der Waals surface area contributed by atoms with Crippen LogP contribution in [0.15, 0.2) is 60.5 Å². The number of halogens is 1. The lowest BCUT2D eigenvalue weighted by molar-refractivity contribution is -0.114. The molecule has 0 radical (unpaired) electrons. The summed E-state index contributed by atoms with van der Waals surface area (Å²) in [5, 5.41) is 0. The molecule has 25 heavy (non-hydrogen) atoms. The summed E-state index contributed by atoms with van der Waals surface area (Å²) in [5.74, 6) is -0.966. The van der Waals surface area contributed by atoms with Crippen molar-refractivity contribution in [3.63, 3.8) is 0 Å². The average Bonchev–Trinajstić information content (AvgIpc) is 2.62. The summed E-state index contributed by atoms with van der Waals surface area (Å²) in [7, 11) is 0. The highest BCUT2D eigenvalue weighted by atomic mass is 19.1. The third-order valence-electron chi connectivity index (χ3n) is 3.66. The number of nitrogens with zero attached hydrogens (tertiary/aromatic N) is 2. The maximum Gasteiger partial charge on any atom is 0.316 e. The molecule has 1 aromatic heterocycles. The Balaban J connectivity index is 1.83. The van der Waals surface area contributed by atoms with Gasteiger partial charge in [-0.25, -0.2) is 9.37 Å². The highest BCUT2D eigenvalue weighted by Crippen LogP contribution is 2.20. The van der Waals surface area contributed by atoms with E-state index in [0.29, 0.717) is 6.61 Å². The summed E-state index contributed by atoms with van der Waals surface area (Å²) < 4.78 is 19.1. The van der Waals surface area contributed by atoms with Crippen LogP contribution < -0.4 is 4.74 Å². The Kier molecular flexibility index (Phi) is 7.05.